The van der Waals surface area contributed by atoms with Crippen molar-refractivity contribution in [1.29, 1.82) is 0 Å². The summed E-state index contributed by atoms with van der Waals surface area (Å²) >= 11 is 1.54. The molecule has 0 radical (unpaired) electrons. The van der Waals surface area contributed by atoms with Crippen molar-refractivity contribution in [2.24, 2.45) is 0 Å². The fourth-order valence-corrected chi connectivity index (χ4v) is 2.95. The number of ether oxygens (including phenoxy) is 4. The fraction of sp³-hybridized carbons (Fsp3) is 0.500. The Kier molecular flexibility index (Phi) is 4.16. The predicted molar refractivity (Wildman–Crippen MR) is 75.1 cm³/mol. The Morgan fingerprint density at radius 2 is 1.84 bits per heavy atom. The summed E-state index contributed by atoms with van der Waals surface area (Å²) in [5, 5.41) is 0. The standard InChI is InChI=1S/C12H18N2O4S/c1-4-17-6-5-19-12-8(14)10(16-3)9(15-2)7(13)11(12)18-6/h6H,4-5,13-14H2,1-3H3. The molecular formula is C12H18N2O4S. The van der Waals surface area contributed by atoms with Gasteiger partial charge >= 0.3 is 0 Å². The third kappa shape index (κ3) is 2.35. The number of methoxy groups -OCH3 is 2. The van der Waals surface area contributed by atoms with Crippen molar-refractivity contribution in [1.82, 2.24) is 0 Å². The van der Waals surface area contributed by atoms with E-state index in [1.165, 1.54) is 26.0 Å². The number of anilines is 2. The summed E-state index contributed by atoms with van der Waals surface area (Å²) in [6, 6.07) is 0. The molecule has 1 aliphatic heterocycles. The Labute approximate surface area is 116 Å². The van der Waals surface area contributed by atoms with Crippen molar-refractivity contribution < 1.29 is 18.9 Å². The summed E-state index contributed by atoms with van der Waals surface area (Å²) in [6.45, 7) is 2.49. The van der Waals surface area contributed by atoms with Crippen LogP contribution in [0.5, 0.6) is 17.2 Å². The largest absolute Gasteiger partial charge is 0.491 e. The van der Waals surface area contributed by atoms with Gasteiger partial charge in [-0.15, -0.1) is 11.8 Å². The molecule has 1 atom stereocenters. The average molecular weight is 286 g/mol. The van der Waals surface area contributed by atoms with E-state index in [0.717, 1.165) is 4.90 Å². The quantitative estimate of drug-likeness (QED) is 0.814. The van der Waals surface area contributed by atoms with E-state index in [1.54, 1.807) is 0 Å². The second-order valence-electron chi connectivity index (χ2n) is 3.87. The first kappa shape index (κ1) is 14.0. The normalized spacial score (nSPS) is 17.5. The lowest BCUT2D eigenvalue weighted by molar-refractivity contribution is -0.0610. The molecule has 2 rings (SSSR count). The topological polar surface area (TPSA) is 89.0 Å². The molecule has 4 N–H and O–H groups in total. The first-order valence-electron chi connectivity index (χ1n) is 5.87. The molecule has 0 aromatic heterocycles. The number of fused-ring (bicyclic) bond motifs is 1. The average Bonchev–Trinajstić information content (AvgIpc) is 2.42. The lowest BCUT2D eigenvalue weighted by atomic mass is 10.2. The van der Waals surface area contributed by atoms with Crippen LogP contribution in [0.25, 0.3) is 0 Å². The molecule has 0 spiro atoms. The lowest BCUT2D eigenvalue weighted by Crippen LogP contribution is -2.27. The van der Waals surface area contributed by atoms with Gasteiger partial charge in [0.2, 0.25) is 6.29 Å². The van der Waals surface area contributed by atoms with Gasteiger partial charge in [-0.2, -0.15) is 0 Å². The highest BCUT2D eigenvalue weighted by Crippen LogP contribution is 2.53. The maximum Gasteiger partial charge on any atom is 0.209 e. The molecule has 0 aliphatic carbocycles. The molecule has 1 unspecified atom stereocenters. The molecule has 0 saturated heterocycles. The van der Waals surface area contributed by atoms with Gasteiger partial charge in [0.05, 0.1) is 30.6 Å². The summed E-state index contributed by atoms with van der Waals surface area (Å²) in [5.74, 6) is 1.98. The zero-order valence-corrected chi connectivity index (χ0v) is 12.0. The maximum absolute atomic E-state index is 6.08. The Morgan fingerprint density at radius 1 is 1.21 bits per heavy atom. The van der Waals surface area contributed by atoms with E-state index in [1.807, 2.05) is 6.92 Å². The van der Waals surface area contributed by atoms with Crippen molar-refractivity contribution in [2.45, 2.75) is 18.1 Å². The minimum Gasteiger partial charge on any atom is -0.491 e. The van der Waals surface area contributed by atoms with Gasteiger partial charge in [0.15, 0.2) is 17.2 Å². The monoisotopic (exact) mass is 286 g/mol. The van der Waals surface area contributed by atoms with Crippen LogP contribution in [0.4, 0.5) is 11.4 Å². The molecule has 0 fully saturated rings. The number of rotatable bonds is 4. The van der Waals surface area contributed by atoms with E-state index in [0.29, 0.717) is 41.0 Å². The Hall–Kier alpha value is -1.47. The number of benzene rings is 1. The highest BCUT2D eigenvalue weighted by molar-refractivity contribution is 7.99. The van der Waals surface area contributed by atoms with Crippen LogP contribution in [0.2, 0.25) is 0 Å². The summed E-state index contributed by atoms with van der Waals surface area (Å²) in [7, 11) is 3.04. The van der Waals surface area contributed by atoms with Gasteiger partial charge in [0.1, 0.15) is 5.69 Å². The van der Waals surface area contributed by atoms with Crippen molar-refractivity contribution in [3.05, 3.63) is 0 Å². The van der Waals surface area contributed by atoms with E-state index in [9.17, 15) is 0 Å². The van der Waals surface area contributed by atoms with Crippen LogP contribution in [-0.4, -0.2) is 32.9 Å². The van der Waals surface area contributed by atoms with Crippen LogP contribution in [-0.2, 0) is 4.74 Å². The van der Waals surface area contributed by atoms with Gasteiger partial charge in [-0.05, 0) is 6.92 Å². The second-order valence-corrected chi connectivity index (χ2v) is 4.90. The highest BCUT2D eigenvalue weighted by atomic mass is 32.2. The molecule has 7 heteroatoms. The first-order chi connectivity index (χ1) is 9.13. The van der Waals surface area contributed by atoms with Crippen LogP contribution in [0.1, 0.15) is 6.92 Å². The Bertz CT molecular complexity index is 482. The molecule has 0 amide bonds. The van der Waals surface area contributed by atoms with Crippen molar-refractivity contribution >= 4 is 23.1 Å². The van der Waals surface area contributed by atoms with E-state index >= 15 is 0 Å². The van der Waals surface area contributed by atoms with Crippen molar-refractivity contribution in [3.63, 3.8) is 0 Å². The Balaban J connectivity index is 2.49. The van der Waals surface area contributed by atoms with E-state index < -0.39 is 0 Å². The fourth-order valence-electron chi connectivity index (χ4n) is 1.95. The molecule has 0 bridgehead atoms. The third-order valence-electron chi connectivity index (χ3n) is 2.76. The van der Waals surface area contributed by atoms with Crippen LogP contribution in [0.15, 0.2) is 4.90 Å². The smallest absolute Gasteiger partial charge is 0.209 e. The molecular weight excluding hydrogens is 268 g/mol. The van der Waals surface area contributed by atoms with Crippen molar-refractivity contribution in [2.75, 3.05) is 38.0 Å². The zero-order valence-electron chi connectivity index (χ0n) is 11.2. The maximum atomic E-state index is 6.08. The summed E-state index contributed by atoms with van der Waals surface area (Å²) in [5.41, 5.74) is 13.0. The molecule has 1 aromatic carbocycles. The minimum absolute atomic E-state index is 0.331. The summed E-state index contributed by atoms with van der Waals surface area (Å²) < 4.78 is 21.7. The number of nitrogens with two attached hydrogens (primary N) is 2. The van der Waals surface area contributed by atoms with E-state index in [2.05, 4.69) is 0 Å². The lowest BCUT2D eigenvalue weighted by Gasteiger charge is -2.28. The van der Waals surface area contributed by atoms with Crippen LogP contribution in [0, 0.1) is 0 Å². The molecule has 0 saturated carbocycles. The van der Waals surface area contributed by atoms with E-state index in [4.69, 9.17) is 30.4 Å². The van der Waals surface area contributed by atoms with Gasteiger partial charge in [0.25, 0.3) is 0 Å². The summed E-state index contributed by atoms with van der Waals surface area (Å²) in [4.78, 5) is 0.770. The Morgan fingerprint density at radius 3 is 2.42 bits per heavy atom. The van der Waals surface area contributed by atoms with Gasteiger partial charge < -0.3 is 30.4 Å². The summed E-state index contributed by atoms with van der Waals surface area (Å²) in [6.07, 6.45) is -0.331. The number of thioether (sulfide) groups is 1. The highest BCUT2D eigenvalue weighted by Gasteiger charge is 2.30. The predicted octanol–water partition coefficient (Wildman–Crippen LogP) is 1.72. The first-order valence-corrected chi connectivity index (χ1v) is 6.86. The molecule has 1 aromatic rings. The number of nitrogen functional groups attached to an aromatic ring is 2. The molecule has 1 aliphatic rings. The van der Waals surface area contributed by atoms with Crippen LogP contribution >= 0.6 is 11.8 Å². The van der Waals surface area contributed by atoms with Gasteiger partial charge in [0, 0.05) is 6.61 Å². The van der Waals surface area contributed by atoms with Crippen LogP contribution < -0.4 is 25.7 Å². The van der Waals surface area contributed by atoms with E-state index in [-0.39, 0.29) is 6.29 Å². The molecule has 106 valence electrons. The number of hydrogen-bond acceptors (Lipinski definition) is 7. The molecule has 1 heterocycles. The molecule has 6 nitrogen and oxygen atoms in total. The minimum atomic E-state index is -0.331. The SMILES string of the molecule is CCOC1CSc2c(N)c(OC)c(OC)c(N)c2O1. The van der Waals surface area contributed by atoms with Gasteiger partial charge in [-0.3, -0.25) is 0 Å². The number of hydrogen-bond donors (Lipinski definition) is 2. The third-order valence-corrected chi connectivity index (χ3v) is 3.90. The van der Waals surface area contributed by atoms with Gasteiger partial charge in [-0.1, -0.05) is 0 Å². The van der Waals surface area contributed by atoms with Gasteiger partial charge in [-0.25, -0.2) is 0 Å². The zero-order chi connectivity index (χ0) is 14.0. The molecule has 19 heavy (non-hydrogen) atoms. The van der Waals surface area contributed by atoms with Crippen LogP contribution in [0.3, 0.4) is 0 Å². The second kappa shape index (κ2) is 5.66. The van der Waals surface area contributed by atoms with Crippen molar-refractivity contribution in [3.8, 4) is 17.2 Å².